The number of hydrogen-bond donors (Lipinski definition) is 1. The van der Waals surface area contributed by atoms with Gasteiger partial charge in [0.25, 0.3) is 11.4 Å². The van der Waals surface area contributed by atoms with Gasteiger partial charge in [-0.3, -0.25) is 15.0 Å². The molecule has 5 nitrogen and oxygen atoms in total. The number of likely N-dealkylation sites (tertiary alicyclic amines) is 1. The highest BCUT2D eigenvalue weighted by Crippen LogP contribution is 2.41. The van der Waals surface area contributed by atoms with E-state index in [-0.39, 0.29) is 16.3 Å². The number of non-ortho nitro benzene ring substituents is 1. The van der Waals surface area contributed by atoms with E-state index in [0.29, 0.717) is 0 Å². The Morgan fingerprint density at radius 2 is 1.96 bits per heavy atom. The summed E-state index contributed by atoms with van der Waals surface area (Å²) in [7, 11) is 0. The van der Waals surface area contributed by atoms with Crippen molar-refractivity contribution in [1.82, 2.24) is 0 Å². The van der Waals surface area contributed by atoms with Crippen molar-refractivity contribution >= 4 is 11.8 Å². The van der Waals surface area contributed by atoms with E-state index in [9.17, 15) is 10.1 Å². The van der Waals surface area contributed by atoms with Crippen LogP contribution in [0.5, 0.6) is 5.75 Å². The van der Waals surface area contributed by atoms with Gasteiger partial charge in [-0.25, -0.2) is 0 Å². The highest BCUT2D eigenvalue weighted by molar-refractivity contribution is 5.66. The molecule has 23 heavy (non-hydrogen) atoms. The van der Waals surface area contributed by atoms with Crippen molar-refractivity contribution < 1.29 is 14.6 Å². The number of quaternary nitrogens is 1. The minimum atomic E-state index is -0.336. The van der Waals surface area contributed by atoms with Gasteiger partial charge in [-0.1, -0.05) is 0 Å². The second kappa shape index (κ2) is 5.64. The Bertz CT molecular complexity index is 664. The van der Waals surface area contributed by atoms with Crippen molar-refractivity contribution in [3.8, 4) is 5.75 Å². The number of nitro groups is 1. The number of benzene rings is 1. The molecule has 2 aliphatic heterocycles. The molecule has 4 rings (SSSR count). The van der Waals surface area contributed by atoms with E-state index in [1.54, 1.807) is 23.1 Å². The van der Waals surface area contributed by atoms with E-state index in [0.717, 1.165) is 24.2 Å². The lowest BCUT2D eigenvalue weighted by Gasteiger charge is -2.47. The van der Waals surface area contributed by atoms with Crippen molar-refractivity contribution in [2.75, 3.05) is 13.1 Å². The average molecular weight is 315 g/mol. The van der Waals surface area contributed by atoms with Gasteiger partial charge < -0.3 is 4.74 Å². The summed E-state index contributed by atoms with van der Waals surface area (Å²) in [6, 6.07) is 4.98. The molecule has 2 heterocycles. The predicted molar refractivity (Wildman–Crippen MR) is 87.4 cm³/mol. The Balaban J connectivity index is 1.75. The monoisotopic (exact) mass is 315 g/mol. The molecule has 1 saturated heterocycles. The molecular formula is C18H23N2O3+. The summed E-state index contributed by atoms with van der Waals surface area (Å²) in [6.45, 7) is 2.33. The Labute approximate surface area is 136 Å². The van der Waals surface area contributed by atoms with Crippen molar-refractivity contribution in [3.63, 3.8) is 0 Å². The van der Waals surface area contributed by atoms with Gasteiger partial charge in [-0.15, -0.1) is 0 Å². The fraction of sp³-hybridized carbons (Fsp3) is 0.556. The molecule has 0 amide bonds. The fourth-order valence-corrected chi connectivity index (χ4v) is 4.45. The summed E-state index contributed by atoms with van der Waals surface area (Å²) >= 11 is 0. The second-order valence-corrected chi connectivity index (χ2v) is 6.95. The molecule has 0 bridgehead atoms. The first-order valence-corrected chi connectivity index (χ1v) is 8.73. The molecule has 122 valence electrons. The van der Waals surface area contributed by atoms with Gasteiger partial charge in [-0.2, -0.15) is 0 Å². The molecule has 5 heteroatoms. The molecule has 1 saturated carbocycles. The topological polar surface area (TPSA) is 56.8 Å². The van der Waals surface area contributed by atoms with Crippen molar-refractivity contribution in [2.45, 2.75) is 50.7 Å². The molecule has 2 fully saturated rings. The number of ether oxygens (including phenoxy) is 1. The molecule has 0 spiro atoms. The van der Waals surface area contributed by atoms with Crippen LogP contribution in [0.25, 0.3) is 6.08 Å². The van der Waals surface area contributed by atoms with Crippen LogP contribution in [-0.2, 0) is 0 Å². The van der Waals surface area contributed by atoms with Crippen LogP contribution in [0.15, 0.2) is 23.8 Å². The SMILES string of the molecule is O=[N+]([O-])c1ccc2c(c1)C=C1CCCC[C@]1([NH+]1CCCCC1)O2. The maximum absolute atomic E-state index is 11.0. The van der Waals surface area contributed by atoms with Crippen LogP contribution in [-0.4, -0.2) is 23.7 Å². The first kappa shape index (κ1) is 14.7. The standard InChI is InChI=1S/C18H22N2O3/c21-20(22)16-7-8-17-14(13-16)12-15-6-2-3-9-18(15,23-17)19-10-4-1-5-11-19/h7-8,12-13H,1-6,9-11H2/p+1/t18-/m0/s1. The van der Waals surface area contributed by atoms with E-state index >= 15 is 0 Å². The van der Waals surface area contributed by atoms with E-state index in [1.165, 1.54) is 50.8 Å². The normalized spacial score (nSPS) is 27.4. The zero-order valence-electron chi connectivity index (χ0n) is 13.3. The minimum absolute atomic E-state index is 0.137. The van der Waals surface area contributed by atoms with E-state index in [2.05, 4.69) is 6.08 Å². The van der Waals surface area contributed by atoms with Gasteiger partial charge in [0.1, 0.15) is 5.75 Å². The van der Waals surface area contributed by atoms with E-state index < -0.39 is 0 Å². The third kappa shape index (κ3) is 2.43. The number of nitro benzene ring substituents is 1. The fourth-order valence-electron chi connectivity index (χ4n) is 4.45. The summed E-state index contributed by atoms with van der Waals surface area (Å²) < 4.78 is 6.57. The average Bonchev–Trinajstić information content (AvgIpc) is 2.60. The van der Waals surface area contributed by atoms with E-state index in [1.807, 2.05) is 0 Å². The molecule has 1 N–H and O–H groups in total. The van der Waals surface area contributed by atoms with Crippen molar-refractivity contribution in [1.29, 1.82) is 0 Å². The number of nitrogens with one attached hydrogen (secondary N) is 1. The molecule has 1 aromatic rings. The van der Waals surface area contributed by atoms with Gasteiger partial charge in [0.05, 0.1) is 18.0 Å². The maximum atomic E-state index is 11.0. The lowest BCUT2D eigenvalue weighted by molar-refractivity contribution is -0.972. The zero-order valence-corrected chi connectivity index (χ0v) is 13.3. The predicted octanol–water partition coefficient (Wildman–Crippen LogP) is 2.71. The summed E-state index contributed by atoms with van der Waals surface area (Å²) in [5.41, 5.74) is 2.12. The van der Waals surface area contributed by atoms with Crippen LogP contribution >= 0.6 is 0 Å². The smallest absolute Gasteiger partial charge is 0.270 e. The Hall–Kier alpha value is -1.88. The van der Waals surface area contributed by atoms with Crippen LogP contribution in [0.2, 0.25) is 0 Å². The third-order valence-corrected chi connectivity index (χ3v) is 5.59. The molecule has 0 unspecified atom stereocenters. The second-order valence-electron chi connectivity index (χ2n) is 6.95. The molecule has 1 aromatic carbocycles. The lowest BCUT2D eigenvalue weighted by Crippen LogP contribution is -3.22. The number of piperidine rings is 1. The molecule has 3 aliphatic rings. The van der Waals surface area contributed by atoms with Crippen LogP contribution in [0.3, 0.4) is 0 Å². The summed E-state index contributed by atoms with van der Waals surface area (Å²) in [4.78, 5) is 12.2. The van der Waals surface area contributed by atoms with Crippen LogP contribution in [0.1, 0.15) is 50.5 Å². The van der Waals surface area contributed by atoms with Gasteiger partial charge >= 0.3 is 0 Å². The minimum Gasteiger partial charge on any atom is -0.436 e. The quantitative estimate of drug-likeness (QED) is 0.674. The van der Waals surface area contributed by atoms with Crippen molar-refractivity contribution in [2.24, 2.45) is 0 Å². The Morgan fingerprint density at radius 3 is 2.74 bits per heavy atom. The molecule has 1 aliphatic carbocycles. The van der Waals surface area contributed by atoms with Gasteiger partial charge in [0.15, 0.2) is 0 Å². The summed E-state index contributed by atoms with van der Waals surface area (Å²) in [5, 5.41) is 11.0. The highest BCUT2D eigenvalue weighted by atomic mass is 16.6. The molecular weight excluding hydrogens is 292 g/mol. The number of rotatable bonds is 2. The van der Waals surface area contributed by atoms with Crippen molar-refractivity contribution in [3.05, 3.63) is 39.4 Å². The van der Waals surface area contributed by atoms with Crippen LogP contribution in [0, 0.1) is 10.1 Å². The molecule has 1 atom stereocenters. The maximum Gasteiger partial charge on any atom is 0.270 e. The molecule has 0 radical (unpaired) electrons. The highest BCUT2D eigenvalue weighted by Gasteiger charge is 2.50. The Kier molecular flexibility index (Phi) is 3.60. The summed E-state index contributed by atoms with van der Waals surface area (Å²) in [6.07, 6.45) is 10.5. The van der Waals surface area contributed by atoms with Gasteiger partial charge in [0, 0.05) is 29.7 Å². The third-order valence-electron chi connectivity index (χ3n) is 5.59. The molecule has 0 aromatic heterocycles. The van der Waals surface area contributed by atoms with Gasteiger partial charge in [-0.05, 0) is 50.7 Å². The Morgan fingerprint density at radius 1 is 1.13 bits per heavy atom. The summed E-state index contributed by atoms with van der Waals surface area (Å²) in [5.74, 6) is 0.805. The number of hydrogen-bond acceptors (Lipinski definition) is 3. The number of nitrogens with zero attached hydrogens (tertiary/aromatic N) is 1. The number of fused-ring (bicyclic) bond motifs is 2. The van der Waals surface area contributed by atoms with Crippen LogP contribution in [0.4, 0.5) is 5.69 Å². The van der Waals surface area contributed by atoms with Crippen LogP contribution < -0.4 is 9.64 Å². The van der Waals surface area contributed by atoms with Gasteiger partial charge in [0.2, 0.25) is 0 Å². The first-order chi connectivity index (χ1) is 11.2. The first-order valence-electron chi connectivity index (χ1n) is 8.73. The zero-order chi connectivity index (χ0) is 15.9. The lowest BCUT2D eigenvalue weighted by atomic mass is 9.81. The van der Waals surface area contributed by atoms with E-state index in [4.69, 9.17) is 4.74 Å². The largest absolute Gasteiger partial charge is 0.436 e.